The molecule has 0 spiro atoms. The van der Waals surface area contributed by atoms with E-state index in [4.69, 9.17) is 0 Å². The van der Waals surface area contributed by atoms with Crippen LogP contribution in [0.2, 0.25) is 0 Å². The summed E-state index contributed by atoms with van der Waals surface area (Å²) in [7, 11) is 0. The van der Waals surface area contributed by atoms with Gasteiger partial charge in [-0.2, -0.15) is 0 Å². The van der Waals surface area contributed by atoms with Crippen molar-refractivity contribution in [2.75, 3.05) is 0 Å². The fourth-order valence-electron chi connectivity index (χ4n) is 1.20. The van der Waals surface area contributed by atoms with E-state index >= 15 is 0 Å². The number of aldehydes is 1. The van der Waals surface area contributed by atoms with Crippen LogP contribution in [0.4, 0.5) is 0 Å². The van der Waals surface area contributed by atoms with Gasteiger partial charge in [-0.1, -0.05) is 39.5 Å². The Balaban J connectivity index is 3.14. The summed E-state index contributed by atoms with van der Waals surface area (Å²) < 4.78 is 0. The molecule has 0 saturated carbocycles. The van der Waals surface area contributed by atoms with Gasteiger partial charge in [0.1, 0.15) is 6.29 Å². The molecular formula is C10H20O. The third-order valence-electron chi connectivity index (χ3n) is 2.15. The monoisotopic (exact) mass is 156 g/mol. The van der Waals surface area contributed by atoms with Crippen LogP contribution in [-0.2, 0) is 4.79 Å². The molecule has 1 nitrogen and oxygen atoms in total. The van der Waals surface area contributed by atoms with Crippen LogP contribution in [0.1, 0.15) is 52.4 Å². The first kappa shape index (κ1) is 10.7. The molecule has 0 N–H and O–H groups in total. The van der Waals surface area contributed by atoms with Crippen LogP contribution in [0.25, 0.3) is 0 Å². The van der Waals surface area contributed by atoms with Crippen LogP contribution >= 0.6 is 0 Å². The zero-order valence-electron chi connectivity index (χ0n) is 7.81. The summed E-state index contributed by atoms with van der Waals surface area (Å²) in [6, 6.07) is 0. The van der Waals surface area contributed by atoms with Gasteiger partial charge in [-0.15, -0.1) is 0 Å². The maximum Gasteiger partial charge on any atom is 0.123 e. The highest BCUT2D eigenvalue weighted by molar-refractivity contribution is 5.53. The summed E-state index contributed by atoms with van der Waals surface area (Å²) in [5, 5.41) is 0. The lowest BCUT2D eigenvalue weighted by Crippen LogP contribution is -1.99. The van der Waals surface area contributed by atoms with Gasteiger partial charge in [0.05, 0.1) is 0 Å². The summed E-state index contributed by atoms with van der Waals surface area (Å²) in [6.45, 7) is 4.29. The van der Waals surface area contributed by atoms with Crippen molar-refractivity contribution in [2.24, 2.45) is 5.92 Å². The third kappa shape index (κ3) is 6.08. The fourth-order valence-corrected chi connectivity index (χ4v) is 1.20. The maximum atomic E-state index is 10.4. The third-order valence-corrected chi connectivity index (χ3v) is 2.15. The van der Waals surface area contributed by atoms with Crippen molar-refractivity contribution in [2.45, 2.75) is 52.4 Å². The molecule has 1 heteroatoms. The minimum atomic E-state index is 0.326. The van der Waals surface area contributed by atoms with Crippen LogP contribution in [0.15, 0.2) is 0 Å². The first-order chi connectivity index (χ1) is 5.35. The van der Waals surface area contributed by atoms with Crippen molar-refractivity contribution in [3.8, 4) is 0 Å². The number of carbonyl (C=O) groups is 1. The molecule has 0 aromatic carbocycles. The molecular weight excluding hydrogens is 136 g/mol. The van der Waals surface area contributed by atoms with Crippen LogP contribution in [0.5, 0.6) is 0 Å². The Morgan fingerprint density at radius 3 is 2.36 bits per heavy atom. The summed E-state index contributed by atoms with van der Waals surface area (Å²) in [5.41, 5.74) is 0. The standard InChI is InChI=1S/C10H20O/c1-3-5-6-7-8-10(4-2)9-11/h9-10H,3-8H2,1-2H3/t10-/m1/s1. The highest BCUT2D eigenvalue weighted by Crippen LogP contribution is 2.11. The summed E-state index contributed by atoms with van der Waals surface area (Å²) in [4.78, 5) is 10.4. The van der Waals surface area contributed by atoms with E-state index in [1.165, 1.54) is 25.7 Å². The number of unbranched alkanes of at least 4 members (excludes halogenated alkanes) is 3. The largest absolute Gasteiger partial charge is 0.303 e. The molecule has 66 valence electrons. The lowest BCUT2D eigenvalue weighted by molar-refractivity contribution is -0.111. The van der Waals surface area contributed by atoms with E-state index in [0.717, 1.165) is 19.1 Å². The zero-order chi connectivity index (χ0) is 8.53. The highest BCUT2D eigenvalue weighted by Gasteiger charge is 2.02. The minimum absolute atomic E-state index is 0.326. The molecule has 0 aliphatic carbocycles. The van der Waals surface area contributed by atoms with Crippen LogP contribution < -0.4 is 0 Å². The Kier molecular flexibility index (Phi) is 7.54. The number of carbonyl (C=O) groups excluding carboxylic acids is 1. The summed E-state index contributed by atoms with van der Waals surface area (Å²) >= 11 is 0. The van der Waals surface area contributed by atoms with Gasteiger partial charge in [-0.25, -0.2) is 0 Å². The second kappa shape index (κ2) is 7.77. The molecule has 0 unspecified atom stereocenters. The number of hydrogen-bond donors (Lipinski definition) is 0. The Bertz CT molecular complexity index is 88.9. The molecule has 0 radical (unpaired) electrons. The molecule has 0 aromatic rings. The van der Waals surface area contributed by atoms with E-state index in [1.807, 2.05) is 0 Å². The Labute approximate surface area is 70.2 Å². The fraction of sp³-hybridized carbons (Fsp3) is 0.900. The van der Waals surface area contributed by atoms with Crippen molar-refractivity contribution in [3.05, 3.63) is 0 Å². The van der Waals surface area contributed by atoms with Gasteiger partial charge in [0, 0.05) is 5.92 Å². The van der Waals surface area contributed by atoms with E-state index in [2.05, 4.69) is 13.8 Å². The molecule has 0 rings (SSSR count). The van der Waals surface area contributed by atoms with Crippen molar-refractivity contribution in [1.29, 1.82) is 0 Å². The number of hydrogen-bond acceptors (Lipinski definition) is 1. The van der Waals surface area contributed by atoms with Crippen LogP contribution in [0, 0.1) is 5.92 Å². The Morgan fingerprint density at radius 1 is 1.18 bits per heavy atom. The van der Waals surface area contributed by atoms with Crippen molar-refractivity contribution in [1.82, 2.24) is 0 Å². The molecule has 0 heterocycles. The van der Waals surface area contributed by atoms with Gasteiger partial charge in [-0.05, 0) is 12.8 Å². The SMILES string of the molecule is CCCCCC[C@H](C=O)CC. The lowest BCUT2D eigenvalue weighted by atomic mass is 10.00. The average molecular weight is 156 g/mol. The molecule has 0 bridgehead atoms. The van der Waals surface area contributed by atoms with Gasteiger partial charge in [0.2, 0.25) is 0 Å². The quantitative estimate of drug-likeness (QED) is 0.408. The normalized spacial score (nSPS) is 12.9. The second-order valence-electron chi connectivity index (χ2n) is 3.15. The topological polar surface area (TPSA) is 17.1 Å². The van der Waals surface area contributed by atoms with E-state index in [9.17, 15) is 4.79 Å². The molecule has 1 atom stereocenters. The molecule has 0 aromatic heterocycles. The first-order valence-electron chi connectivity index (χ1n) is 4.80. The van der Waals surface area contributed by atoms with E-state index < -0.39 is 0 Å². The van der Waals surface area contributed by atoms with Crippen molar-refractivity contribution < 1.29 is 4.79 Å². The molecule has 0 amide bonds. The predicted molar refractivity (Wildman–Crippen MR) is 48.6 cm³/mol. The molecule has 0 fully saturated rings. The Morgan fingerprint density at radius 2 is 1.91 bits per heavy atom. The highest BCUT2D eigenvalue weighted by atomic mass is 16.1. The molecule has 0 aliphatic heterocycles. The van der Waals surface area contributed by atoms with Crippen molar-refractivity contribution >= 4 is 6.29 Å². The van der Waals surface area contributed by atoms with Gasteiger partial charge >= 0.3 is 0 Å². The zero-order valence-corrected chi connectivity index (χ0v) is 7.81. The first-order valence-corrected chi connectivity index (χ1v) is 4.80. The van der Waals surface area contributed by atoms with Crippen LogP contribution in [-0.4, -0.2) is 6.29 Å². The maximum absolute atomic E-state index is 10.4. The molecule has 0 saturated heterocycles. The van der Waals surface area contributed by atoms with Crippen molar-refractivity contribution in [3.63, 3.8) is 0 Å². The predicted octanol–water partition coefficient (Wildman–Crippen LogP) is 3.18. The van der Waals surface area contributed by atoms with E-state index in [0.29, 0.717) is 5.92 Å². The van der Waals surface area contributed by atoms with E-state index in [-0.39, 0.29) is 0 Å². The summed E-state index contributed by atoms with van der Waals surface area (Å²) in [6.07, 6.45) is 8.32. The summed E-state index contributed by atoms with van der Waals surface area (Å²) in [5.74, 6) is 0.326. The molecule has 11 heavy (non-hydrogen) atoms. The van der Waals surface area contributed by atoms with Crippen LogP contribution in [0.3, 0.4) is 0 Å². The molecule has 0 aliphatic rings. The number of rotatable bonds is 7. The minimum Gasteiger partial charge on any atom is -0.303 e. The van der Waals surface area contributed by atoms with Gasteiger partial charge in [0.25, 0.3) is 0 Å². The lowest BCUT2D eigenvalue weighted by Gasteiger charge is -2.05. The Hall–Kier alpha value is -0.330. The van der Waals surface area contributed by atoms with Gasteiger partial charge < -0.3 is 4.79 Å². The van der Waals surface area contributed by atoms with Gasteiger partial charge in [-0.3, -0.25) is 0 Å². The van der Waals surface area contributed by atoms with E-state index in [1.54, 1.807) is 0 Å². The van der Waals surface area contributed by atoms with Gasteiger partial charge in [0.15, 0.2) is 0 Å². The smallest absolute Gasteiger partial charge is 0.123 e. The average Bonchev–Trinajstić information content (AvgIpc) is 2.05. The second-order valence-corrected chi connectivity index (χ2v) is 3.15.